The van der Waals surface area contributed by atoms with Crippen molar-refractivity contribution in [1.29, 1.82) is 0 Å². The summed E-state index contributed by atoms with van der Waals surface area (Å²) in [7, 11) is 0. The molecule has 0 spiro atoms. The molecule has 0 aliphatic heterocycles. The molecule has 0 saturated carbocycles. The number of fused-ring (bicyclic) bond motifs is 3. The van der Waals surface area contributed by atoms with Crippen LogP contribution in [0.2, 0.25) is 0 Å². The highest BCUT2D eigenvalue weighted by Crippen LogP contribution is 2.40. The van der Waals surface area contributed by atoms with Crippen molar-refractivity contribution >= 4 is 38.7 Å². The predicted molar refractivity (Wildman–Crippen MR) is 196 cm³/mol. The monoisotopic (exact) mass is 604 g/mol. The lowest BCUT2D eigenvalue weighted by atomic mass is 9.90. The first-order valence-electron chi connectivity index (χ1n) is 16.1. The Hall–Kier alpha value is -6.00. The summed E-state index contributed by atoms with van der Waals surface area (Å²) in [4.78, 5) is 19.6. The van der Waals surface area contributed by atoms with E-state index in [0.717, 1.165) is 62.1 Å². The minimum Gasteiger partial charge on any atom is -0.255 e. The Balaban J connectivity index is 1.40. The molecule has 224 valence electrons. The van der Waals surface area contributed by atoms with E-state index in [1.54, 1.807) is 12.4 Å². The average Bonchev–Trinajstić information content (AvgIpc) is 3.14. The van der Waals surface area contributed by atoms with Crippen LogP contribution < -0.4 is 0 Å². The van der Waals surface area contributed by atoms with Crippen molar-refractivity contribution in [3.05, 3.63) is 151 Å². The van der Waals surface area contributed by atoms with Crippen LogP contribution in [0.5, 0.6) is 0 Å². The summed E-state index contributed by atoms with van der Waals surface area (Å²) in [5.74, 6) is 0. The molecule has 47 heavy (non-hydrogen) atoms. The summed E-state index contributed by atoms with van der Waals surface area (Å²) < 4.78 is 0. The molecule has 8 aromatic rings. The highest BCUT2D eigenvalue weighted by Gasteiger charge is 2.17. The van der Waals surface area contributed by atoms with E-state index in [1.807, 2.05) is 36.4 Å². The highest BCUT2D eigenvalue weighted by atomic mass is 14.8. The van der Waals surface area contributed by atoms with E-state index in [2.05, 4.69) is 121 Å². The number of benzene rings is 4. The first-order valence-corrected chi connectivity index (χ1v) is 16.1. The lowest BCUT2D eigenvalue weighted by Gasteiger charge is -2.16. The Bertz CT molecular complexity index is 2390. The Morgan fingerprint density at radius 1 is 0.553 bits per heavy atom. The lowest BCUT2D eigenvalue weighted by Crippen LogP contribution is -1.96. The molecule has 0 aliphatic carbocycles. The number of nitrogens with zero attached hydrogens (tertiary/aromatic N) is 4. The molecular formula is C43H32N4. The van der Waals surface area contributed by atoms with Crippen LogP contribution in [-0.2, 0) is 6.42 Å². The van der Waals surface area contributed by atoms with Crippen LogP contribution in [-0.4, -0.2) is 19.9 Å². The molecule has 0 fully saturated rings. The van der Waals surface area contributed by atoms with Crippen LogP contribution in [0.25, 0.3) is 83.7 Å². The van der Waals surface area contributed by atoms with Gasteiger partial charge in [-0.1, -0.05) is 91.9 Å². The molecule has 0 N–H and O–H groups in total. The zero-order valence-electron chi connectivity index (χ0n) is 26.4. The van der Waals surface area contributed by atoms with Crippen molar-refractivity contribution in [3.8, 4) is 45.0 Å². The van der Waals surface area contributed by atoms with Gasteiger partial charge < -0.3 is 0 Å². The van der Waals surface area contributed by atoms with E-state index < -0.39 is 0 Å². The van der Waals surface area contributed by atoms with Gasteiger partial charge in [0.2, 0.25) is 0 Å². The number of aryl methyl sites for hydroxylation is 1. The van der Waals surface area contributed by atoms with Gasteiger partial charge in [-0.15, -0.1) is 0 Å². The maximum atomic E-state index is 5.41. The average molecular weight is 605 g/mol. The molecule has 0 aliphatic rings. The van der Waals surface area contributed by atoms with Gasteiger partial charge in [0.25, 0.3) is 0 Å². The third-order valence-electron chi connectivity index (χ3n) is 8.84. The maximum absolute atomic E-state index is 5.41. The Morgan fingerprint density at radius 2 is 1.23 bits per heavy atom. The van der Waals surface area contributed by atoms with Gasteiger partial charge >= 0.3 is 0 Å². The summed E-state index contributed by atoms with van der Waals surface area (Å²) in [6.45, 7) is 4.28. The predicted octanol–water partition coefficient (Wildman–Crippen LogP) is 11.0. The summed E-state index contributed by atoms with van der Waals surface area (Å²) in [5.41, 5.74) is 12.2. The van der Waals surface area contributed by atoms with Crippen molar-refractivity contribution < 1.29 is 0 Å². The second-order valence-electron chi connectivity index (χ2n) is 11.7. The second kappa shape index (κ2) is 12.1. The van der Waals surface area contributed by atoms with Gasteiger partial charge in [-0.2, -0.15) is 0 Å². The van der Waals surface area contributed by atoms with E-state index in [4.69, 9.17) is 9.97 Å². The third-order valence-corrected chi connectivity index (χ3v) is 8.84. The summed E-state index contributed by atoms with van der Waals surface area (Å²) in [5, 5.41) is 4.73. The minimum absolute atomic E-state index is 0.801. The Labute approximate surface area is 274 Å². The minimum atomic E-state index is 0.801. The molecule has 4 aromatic carbocycles. The number of pyridine rings is 4. The molecule has 0 radical (unpaired) electrons. The second-order valence-corrected chi connectivity index (χ2v) is 11.7. The molecule has 0 saturated heterocycles. The fourth-order valence-corrected chi connectivity index (χ4v) is 6.56. The molecule has 0 bridgehead atoms. The highest BCUT2D eigenvalue weighted by molar-refractivity contribution is 6.13. The molecule has 4 heterocycles. The zero-order chi connectivity index (χ0) is 31.7. The largest absolute Gasteiger partial charge is 0.255 e. The fourth-order valence-electron chi connectivity index (χ4n) is 6.56. The van der Waals surface area contributed by atoms with Gasteiger partial charge in [0.05, 0.1) is 33.8 Å². The first-order chi connectivity index (χ1) is 23.2. The molecular weight excluding hydrogens is 573 g/mol. The summed E-state index contributed by atoms with van der Waals surface area (Å²) in [6.07, 6.45) is 8.85. The molecule has 0 unspecified atom stereocenters. The van der Waals surface area contributed by atoms with Crippen LogP contribution in [0.1, 0.15) is 25.0 Å². The first kappa shape index (κ1) is 28.5. The number of rotatable bonds is 6. The third kappa shape index (κ3) is 5.24. The van der Waals surface area contributed by atoms with E-state index >= 15 is 0 Å². The number of hydrogen-bond donors (Lipinski definition) is 0. The van der Waals surface area contributed by atoms with Gasteiger partial charge in [-0.3, -0.25) is 9.97 Å². The van der Waals surface area contributed by atoms with Crippen molar-refractivity contribution in [2.45, 2.75) is 20.3 Å². The van der Waals surface area contributed by atoms with Gasteiger partial charge in [0.1, 0.15) is 0 Å². The zero-order valence-corrected chi connectivity index (χ0v) is 26.4. The lowest BCUT2D eigenvalue weighted by molar-refractivity contribution is 1.14. The maximum Gasteiger partial charge on any atom is 0.0900 e. The van der Waals surface area contributed by atoms with E-state index in [9.17, 15) is 0 Å². The standard InChI is InChI=1S/C43H32N4/c1-3-11-34-28(4-2)18-21-36-42(32-17-16-29-12-5-6-13-30(29)24-32)35-20-19-31(25-39(35)47-43(34)36)33-26-40(37-14-7-9-22-44-37)46-41(27-33)38-15-8-10-23-45-38/h3,5-27H,4H2,1-2H3/b11-3-. The molecule has 4 nitrogen and oxygen atoms in total. The van der Waals surface area contributed by atoms with Crippen molar-refractivity contribution in [1.82, 2.24) is 19.9 Å². The summed E-state index contributed by atoms with van der Waals surface area (Å²) in [6, 6.07) is 42.5. The van der Waals surface area contributed by atoms with Crippen LogP contribution >= 0.6 is 0 Å². The van der Waals surface area contributed by atoms with E-state index in [-0.39, 0.29) is 0 Å². The normalized spacial score (nSPS) is 11.6. The van der Waals surface area contributed by atoms with E-state index in [0.29, 0.717) is 0 Å². The molecule has 4 aromatic heterocycles. The molecule has 4 heteroatoms. The SMILES string of the molecule is C/C=C\c1c(CC)ccc2c(-c3ccc4ccccc4c3)c3ccc(-c4cc(-c5ccccn5)nc(-c5ccccn5)c4)cc3nc12. The topological polar surface area (TPSA) is 51.6 Å². The number of aromatic nitrogens is 4. The van der Waals surface area contributed by atoms with Crippen molar-refractivity contribution in [2.75, 3.05) is 0 Å². The van der Waals surface area contributed by atoms with Gasteiger partial charge in [0, 0.05) is 34.3 Å². The smallest absolute Gasteiger partial charge is 0.0900 e. The van der Waals surface area contributed by atoms with Gasteiger partial charge in [0.15, 0.2) is 0 Å². The van der Waals surface area contributed by atoms with Crippen molar-refractivity contribution in [3.63, 3.8) is 0 Å². The Kier molecular flexibility index (Phi) is 7.31. The van der Waals surface area contributed by atoms with E-state index in [1.165, 1.54) is 33.0 Å². The number of hydrogen-bond acceptors (Lipinski definition) is 4. The van der Waals surface area contributed by atoms with Crippen LogP contribution in [0.4, 0.5) is 0 Å². The fraction of sp³-hybridized carbons (Fsp3) is 0.0698. The molecule has 0 atom stereocenters. The van der Waals surface area contributed by atoms with Crippen LogP contribution in [0, 0.1) is 0 Å². The quantitative estimate of drug-likeness (QED) is 0.177. The van der Waals surface area contributed by atoms with Gasteiger partial charge in [-0.25, -0.2) is 9.97 Å². The van der Waals surface area contributed by atoms with Crippen LogP contribution in [0.3, 0.4) is 0 Å². The van der Waals surface area contributed by atoms with Gasteiger partial charge in [-0.05, 0) is 94.9 Å². The summed E-state index contributed by atoms with van der Waals surface area (Å²) >= 11 is 0. The van der Waals surface area contributed by atoms with Crippen molar-refractivity contribution in [2.24, 2.45) is 0 Å². The molecule has 8 rings (SSSR count). The number of allylic oxidation sites excluding steroid dienone is 1. The molecule has 0 amide bonds. The van der Waals surface area contributed by atoms with Crippen LogP contribution in [0.15, 0.2) is 140 Å². The Morgan fingerprint density at radius 3 is 1.91 bits per heavy atom.